The fourth-order valence-electron chi connectivity index (χ4n) is 5.27. The predicted molar refractivity (Wildman–Crippen MR) is 175 cm³/mol. The van der Waals surface area contributed by atoms with Crippen LogP contribution in [0, 0.1) is 6.92 Å². The third kappa shape index (κ3) is 5.72. The summed E-state index contributed by atoms with van der Waals surface area (Å²) in [5, 5.41) is 0. The summed E-state index contributed by atoms with van der Waals surface area (Å²) in [4.78, 5) is 18.5. The lowest BCUT2D eigenvalue weighted by atomic mass is 9.97. The van der Waals surface area contributed by atoms with Crippen molar-refractivity contribution in [3.05, 3.63) is 158 Å². The highest BCUT2D eigenvalue weighted by Gasteiger charge is 2.11. The van der Waals surface area contributed by atoms with E-state index in [1.54, 1.807) is 6.20 Å². The third-order valence-electron chi connectivity index (χ3n) is 7.52. The lowest BCUT2D eigenvalue weighted by molar-refractivity contribution is 1.25. The van der Waals surface area contributed by atoms with Gasteiger partial charge in [-0.3, -0.25) is 15.0 Å². The Morgan fingerprint density at radius 2 is 0.860 bits per heavy atom. The van der Waals surface area contributed by atoms with Crippen molar-refractivity contribution in [2.24, 2.45) is 0 Å². The zero-order chi connectivity index (χ0) is 29.0. The zero-order valence-electron chi connectivity index (χ0n) is 23.7. The quantitative estimate of drug-likeness (QED) is 0.206. The van der Waals surface area contributed by atoms with E-state index in [-0.39, 0.29) is 0 Å². The van der Waals surface area contributed by atoms with E-state index in [1.165, 1.54) is 11.1 Å². The van der Waals surface area contributed by atoms with Crippen LogP contribution in [-0.2, 0) is 0 Å². The molecular weight excluding hydrogens is 524 g/mol. The van der Waals surface area contributed by atoms with Crippen LogP contribution >= 0.6 is 0 Å². The molecular formula is C39H28N4. The summed E-state index contributed by atoms with van der Waals surface area (Å²) in [6, 6.07) is 46.1. The molecule has 0 bridgehead atoms. The van der Waals surface area contributed by atoms with Crippen molar-refractivity contribution in [1.29, 1.82) is 0 Å². The summed E-state index contributed by atoms with van der Waals surface area (Å²) in [6.45, 7) is 2.11. The molecule has 0 spiro atoms. The van der Waals surface area contributed by atoms with Crippen LogP contribution in [0.2, 0.25) is 0 Å². The van der Waals surface area contributed by atoms with Crippen molar-refractivity contribution in [3.8, 4) is 67.4 Å². The summed E-state index contributed by atoms with van der Waals surface area (Å²) in [5.74, 6) is 0. The first-order valence-electron chi connectivity index (χ1n) is 14.3. The third-order valence-corrected chi connectivity index (χ3v) is 7.52. The Kier molecular flexibility index (Phi) is 7.08. The molecule has 4 heterocycles. The molecule has 0 atom stereocenters. The molecule has 0 aliphatic heterocycles. The Morgan fingerprint density at radius 3 is 1.47 bits per heavy atom. The van der Waals surface area contributed by atoms with Gasteiger partial charge in [-0.2, -0.15) is 0 Å². The topological polar surface area (TPSA) is 51.6 Å². The number of aryl methyl sites for hydroxylation is 1. The fourth-order valence-corrected chi connectivity index (χ4v) is 5.27. The summed E-state index contributed by atoms with van der Waals surface area (Å²) >= 11 is 0. The van der Waals surface area contributed by atoms with E-state index >= 15 is 0 Å². The molecule has 4 aromatic heterocycles. The second-order valence-corrected chi connectivity index (χ2v) is 10.5. The number of benzene rings is 3. The Hall–Kier alpha value is -5.74. The van der Waals surface area contributed by atoms with Gasteiger partial charge in [-0.05, 0) is 94.9 Å². The van der Waals surface area contributed by atoms with Gasteiger partial charge in [-0.25, -0.2) is 4.98 Å². The molecule has 204 valence electrons. The van der Waals surface area contributed by atoms with E-state index in [0.29, 0.717) is 0 Å². The maximum Gasteiger partial charge on any atom is 0.0899 e. The second-order valence-electron chi connectivity index (χ2n) is 10.5. The molecule has 43 heavy (non-hydrogen) atoms. The minimum atomic E-state index is 0.858. The van der Waals surface area contributed by atoms with Crippen LogP contribution in [0.1, 0.15) is 5.56 Å². The highest BCUT2D eigenvalue weighted by molar-refractivity contribution is 5.78. The molecule has 0 amide bonds. The average molecular weight is 553 g/mol. The highest BCUT2D eigenvalue weighted by atomic mass is 14.8. The molecule has 7 rings (SSSR count). The summed E-state index contributed by atoms with van der Waals surface area (Å²) in [6.07, 6.45) is 5.44. The van der Waals surface area contributed by atoms with Crippen LogP contribution in [0.25, 0.3) is 67.4 Å². The summed E-state index contributed by atoms with van der Waals surface area (Å²) in [7, 11) is 0. The van der Waals surface area contributed by atoms with Gasteiger partial charge in [-0.1, -0.05) is 84.4 Å². The van der Waals surface area contributed by atoms with Crippen molar-refractivity contribution in [2.45, 2.75) is 6.92 Å². The van der Waals surface area contributed by atoms with E-state index in [4.69, 9.17) is 4.98 Å². The standard InChI is InChI=1S/C39H28N4/c1-27-7-6-8-33(23-27)37-25-34(26-39(43-37)36-10-3-5-21-41-36)31-17-13-29(14-18-31)28-11-15-30(16-12-28)32-19-22-42-38(24-32)35-9-2-4-20-40-35/h2-26H,1H3. The molecule has 0 N–H and O–H groups in total. The fraction of sp³-hybridized carbons (Fsp3) is 0.0256. The number of pyridine rings is 4. The SMILES string of the molecule is Cc1cccc(-c2cc(-c3ccc(-c4ccc(-c5ccnc(-c6ccccn6)c5)cc4)cc3)cc(-c3ccccn3)n2)c1. The smallest absolute Gasteiger partial charge is 0.0899 e. The number of hydrogen-bond acceptors (Lipinski definition) is 4. The average Bonchev–Trinajstić information content (AvgIpc) is 3.09. The summed E-state index contributed by atoms with van der Waals surface area (Å²) < 4.78 is 0. The van der Waals surface area contributed by atoms with Crippen molar-refractivity contribution >= 4 is 0 Å². The minimum absolute atomic E-state index is 0.858. The Bertz CT molecular complexity index is 2000. The first-order valence-corrected chi connectivity index (χ1v) is 14.3. The van der Waals surface area contributed by atoms with Gasteiger partial charge in [0.15, 0.2) is 0 Å². The van der Waals surface area contributed by atoms with Gasteiger partial charge in [0.25, 0.3) is 0 Å². The minimum Gasteiger partial charge on any atom is -0.255 e. The molecule has 0 saturated heterocycles. The number of rotatable bonds is 6. The molecule has 4 nitrogen and oxygen atoms in total. The first kappa shape index (κ1) is 26.2. The summed E-state index contributed by atoms with van der Waals surface area (Å²) in [5.41, 5.74) is 13.5. The Morgan fingerprint density at radius 1 is 0.326 bits per heavy atom. The molecule has 0 unspecified atom stereocenters. The van der Waals surface area contributed by atoms with Crippen molar-refractivity contribution < 1.29 is 0 Å². The second kappa shape index (κ2) is 11.6. The number of hydrogen-bond donors (Lipinski definition) is 0. The van der Waals surface area contributed by atoms with Crippen LogP contribution in [-0.4, -0.2) is 19.9 Å². The van der Waals surface area contributed by atoms with Crippen molar-refractivity contribution in [2.75, 3.05) is 0 Å². The van der Waals surface area contributed by atoms with Crippen LogP contribution < -0.4 is 0 Å². The van der Waals surface area contributed by atoms with Gasteiger partial charge >= 0.3 is 0 Å². The molecule has 3 aromatic carbocycles. The van der Waals surface area contributed by atoms with E-state index in [0.717, 1.165) is 61.9 Å². The monoisotopic (exact) mass is 552 g/mol. The molecule has 0 aliphatic rings. The van der Waals surface area contributed by atoms with Crippen LogP contribution in [0.5, 0.6) is 0 Å². The lowest BCUT2D eigenvalue weighted by Gasteiger charge is -2.11. The van der Waals surface area contributed by atoms with Crippen molar-refractivity contribution in [1.82, 2.24) is 19.9 Å². The van der Waals surface area contributed by atoms with Crippen LogP contribution in [0.4, 0.5) is 0 Å². The highest BCUT2D eigenvalue weighted by Crippen LogP contribution is 2.32. The molecule has 7 aromatic rings. The maximum atomic E-state index is 4.99. The molecule has 0 saturated carbocycles. The van der Waals surface area contributed by atoms with Gasteiger partial charge < -0.3 is 0 Å². The normalized spacial score (nSPS) is 10.9. The van der Waals surface area contributed by atoms with E-state index < -0.39 is 0 Å². The van der Waals surface area contributed by atoms with Gasteiger partial charge in [0, 0.05) is 24.2 Å². The van der Waals surface area contributed by atoms with Gasteiger partial charge in [0.05, 0.1) is 28.5 Å². The molecule has 0 radical (unpaired) electrons. The largest absolute Gasteiger partial charge is 0.255 e. The Labute approximate surface area is 251 Å². The van der Waals surface area contributed by atoms with Crippen molar-refractivity contribution in [3.63, 3.8) is 0 Å². The Balaban J connectivity index is 1.18. The number of aromatic nitrogens is 4. The first-order chi connectivity index (χ1) is 21.2. The molecule has 4 heteroatoms. The van der Waals surface area contributed by atoms with E-state index in [1.807, 2.05) is 54.9 Å². The predicted octanol–water partition coefficient (Wildman–Crippen LogP) is 9.58. The lowest BCUT2D eigenvalue weighted by Crippen LogP contribution is -1.93. The number of nitrogens with zero attached hydrogens (tertiary/aromatic N) is 4. The zero-order valence-corrected chi connectivity index (χ0v) is 23.7. The molecule has 0 aliphatic carbocycles. The van der Waals surface area contributed by atoms with Gasteiger partial charge in [0.1, 0.15) is 0 Å². The van der Waals surface area contributed by atoms with Gasteiger partial charge in [-0.15, -0.1) is 0 Å². The van der Waals surface area contributed by atoms with E-state index in [2.05, 4.69) is 113 Å². The maximum absolute atomic E-state index is 4.99. The van der Waals surface area contributed by atoms with Gasteiger partial charge in [0.2, 0.25) is 0 Å². The van der Waals surface area contributed by atoms with E-state index in [9.17, 15) is 0 Å². The van der Waals surface area contributed by atoms with Crippen LogP contribution in [0.3, 0.4) is 0 Å². The molecule has 0 fully saturated rings. The van der Waals surface area contributed by atoms with Crippen LogP contribution in [0.15, 0.2) is 152 Å².